The van der Waals surface area contributed by atoms with Crippen molar-refractivity contribution in [1.29, 1.82) is 0 Å². The summed E-state index contributed by atoms with van der Waals surface area (Å²) in [6.07, 6.45) is 1.93. The first-order valence-corrected chi connectivity index (χ1v) is 13.4. The fraction of sp³-hybridized carbons (Fsp3) is 0.400. The molecule has 39 heavy (non-hydrogen) atoms. The molecule has 0 unspecified atom stereocenters. The molecule has 0 aliphatic carbocycles. The maximum Gasteiger partial charge on any atom is 0.242 e. The second-order valence-corrected chi connectivity index (χ2v) is 9.55. The molecule has 1 aromatic heterocycles. The molecule has 4 rings (SSSR count). The molecule has 0 saturated carbocycles. The van der Waals surface area contributed by atoms with E-state index in [1.54, 1.807) is 19.1 Å². The van der Waals surface area contributed by atoms with E-state index in [2.05, 4.69) is 15.1 Å². The first-order valence-electron chi connectivity index (χ1n) is 13.4. The van der Waals surface area contributed by atoms with Crippen LogP contribution in [0.15, 0.2) is 60.7 Å². The van der Waals surface area contributed by atoms with Gasteiger partial charge in [0.05, 0.1) is 32.9 Å². The van der Waals surface area contributed by atoms with E-state index in [1.807, 2.05) is 72.5 Å². The van der Waals surface area contributed by atoms with Gasteiger partial charge in [0.1, 0.15) is 0 Å². The molecule has 1 saturated heterocycles. The van der Waals surface area contributed by atoms with Gasteiger partial charge in [-0.05, 0) is 48.7 Å². The van der Waals surface area contributed by atoms with Crippen molar-refractivity contribution in [2.24, 2.45) is 0 Å². The topological polar surface area (TPSA) is 88.1 Å². The van der Waals surface area contributed by atoms with Crippen LogP contribution in [-0.4, -0.2) is 85.3 Å². The average molecular weight is 532 g/mol. The largest absolute Gasteiger partial charge is 0.493 e. The Morgan fingerprint density at radius 3 is 2.38 bits per heavy atom. The van der Waals surface area contributed by atoms with Crippen molar-refractivity contribution >= 4 is 17.6 Å². The minimum atomic E-state index is -0.0160. The molecule has 0 bridgehead atoms. The van der Waals surface area contributed by atoms with E-state index in [0.29, 0.717) is 44.1 Å². The minimum absolute atomic E-state index is 0.0124. The molecule has 9 heteroatoms. The lowest BCUT2D eigenvalue weighted by Crippen LogP contribution is -2.45. The van der Waals surface area contributed by atoms with Gasteiger partial charge in [0, 0.05) is 38.3 Å². The lowest BCUT2D eigenvalue weighted by atomic mass is 10.1. The first kappa shape index (κ1) is 27.9. The van der Waals surface area contributed by atoms with Gasteiger partial charge in [-0.25, -0.2) is 0 Å². The van der Waals surface area contributed by atoms with E-state index in [9.17, 15) is 9.59 Å². The Labute approximate surface area is 230 Å². The smallest absolute Gasteiger partial charge is 0.242 e. The minimum Gasteiger partial charge on any atom is -0.493 e. The van der Waals surface area contributed by atoms with Crippen molar-refractivity contribution in [1.82, 2.24) is 20.0 Å². The summed E-state index contributed by atoms with van der Waals surface area (Å²) in [4.78, 5) is 31.9. The fourth-order valence-corrected chi connectivity index (χ4v) is 4.75. The highest BCUT2D eigenvalue weighted by Gasteiger charge is 2.24. The van der Waals surface area contributed by atoms with E-state index < -0.39 is 0 Å². The summed E-state index contributed by atoms with van der Waals surface area (Å²) in [6.45, 7) is 5.36. The molecule has 0 radical (unpaired) electrons. The molecule has 1 aliphatic rings. The highest BCUT2D eigenvalue weighted by Crippen LogP contribution is 2.31. The summed E-state index contributed by atoms with van der Waals surface area (Å²) in [5.74, 6) is 2.05. The molecule has 2 heterocycles. The second-order valence-electron chi connectivity index (χ2n) is 9.55. The normalized spacial score (nSPS) is 13.5. The highest BCUT2D eigenvalue weighted by molar-refractivity contribution is 5.86. The van der Waals surface area contributed by atoms with E-state index in [0.717, 1.165) is 42.0 Å². The number of aromatic nitrogens is 2. The van der Waals surface area contributed by atoms with Crippen LogP contribution in [0.2, 0.25) is 0 Å². The van der Waals surface area contributed by atoms with Gasteiger partial charge in [0.15, 0.2) is 17.3 Å². The number of carbonyl (C=O) groups is 2. The van der Waals surface area contributed by atoms with E-state index in [4.69, 9.17) is 9.47 Å². The number of rotatable bonds is 10. The van der Waals surface area contributed by atoms with Crippen molar-refractivity contribution in [3.8, 4) is 22.8 Å². The standard InChI is InChI=1S/C30H37N5O4/c1-4-15-35(29(36)20-23-9-6-5-7-10-23)22-30(37)34-17-8-16-33(18-19-34)28-14-12-25(31-32-28)24-11-13-26(38-2)27(21-24)39-3/h5-7,9-14,21H,4,8,15-20,22H2,1-3H3. The van der Waals surface area contributed by atoms with Gasteiger partial charge in [-0.3, -0.25) is 9.59 Å². The van der Waals surface area contributed by atoms with Crippen LogP contribution in [-0.2, 0) is 16.0 Å². The number of carbonyl (C=O) groups excluding carboxylic acids is 2. The van der Waals surface area contributed by atoms with E-state index in [-0.39, 0.29) is 18.4 Å². The molecule has 3 aromatic rings. The zero-order valence-electron chi connectivity index (χ0n) is 23.0. The summed E-state index contributed by atoms with van der Waals surface area (Å²) < 4.78 is 10.7. The number of anilines is 1. The second kappa shape index (κ2) is 13.6. The van der Waals surface area contributed by atoms with Gasteiger partial charge < -0.3 is 24.2 Å². The van der Waals surface area contributed by atoms with E-state index in [1.165, 1.54) is 0 Å². The molecule has 1 fully saturated rings. The molecule has 0 spiro atoms. The van der Waals surface area contributed by atoms with Crippen LogP contribution in [0.25, 0.3) is 11.3 Å². The van der Waals surface area contributed by atoms with Crippen molar-refractivity contribution in [3.63, 3.8) is 0 Å². The third-order valence-electron chi connectivity index (χ3n) is 6.87. The van der Waals surface area contributed by atoms with Crippen LogP contribution in [0, 0.1) is 0 Å². The number of hydrogen-bond donors (Lipinski definition) is 0. The monoisotopic (exact) mass is 531 g/mol. The Morgan fingerprint density at radius 1 is 0.897 bits per heavy atom. The highest BCUT2D eigenvalue weighted by atomic mass is 16.5. The van der Waals surface area contributed by atoms with Crippen molar-refractivity contribution in [2.75, 3.05) is 58.4 Å². The molecule has 2 amide bonds. The van der Waals surface area contributed by atoms with Crippen LogP contribution in [0.3, 0.4) is 0 Å². The quantitative estimate of drug-likeness (QED) is 0.394. The van der Waals surface area contributed by atoms with Gasteiger partial charge in [-0.15, -0.1) is 10.2 Å². The maximum absolute atomic E-state index is 13.2. The first-order chi connectivity index (χ1) is 19.0. The number of amides is 2. The Balaban J connectivity index is 1.35. The summed E-state index contributed by atoms with van der Waals surface area (Å²) >= 11 is 0. The zero-order valence-corrected chi connectivity index (χ0v) is 23.0. The van der Waals surface area contributed by atoms with Gasteiger partial charge in [-0.1, -0.05) is 37.3 Å². The van der Waals surface area contributed by atoms with Crippen molar-refractivity contribution < 1.29 is 19.1 Å². The predicted octanol–water partition coefficient (Wildman–Crippen LogP) is 3.68. The van der Waals surface area contributed by atoms with Crippen LogP contribution in [0.5, 0.6) is 11.5 Å². The van der Waals surface area contributed by atoms with Gasteiger partial charge in [0.2, 0.25) is 11.8 Å². The average Bonchev–Trinajstić information content (AvgIpc) is 3.24. The molecule has 9 nitrogen and oxygen atoms in total. The number of methoxy groups -OCH3 is 2. The SMILES string of the molecule is CCCN(CC(=O)N1CCCN(c2ccc(-c3ccc(OC)c(OC)c3)nn2)CC1)C(=O)Cc1ccccc1. The van der Waals surface area contributed by atoms with Gasteiger partial charge in [0.25, 0.3) is 0 Å². The summed E-state index contributed by atoms with van der Waals surface area (Å²) in [5.41, 5.74) is 2.58. The molecular formula is C30H37N5O4. The molecule has 206 valence electrons. The summed E-state index contributed by atoms with van der Waals surface area (Å²) in [7, 11) is 3.21. The molecule has 1 aliphatic heterocycles. The maximum atomic E-state index is 13.2. The summed E-state index contributed by atoms with van der Waals surface area (Å²) in [5, 5.41) is 8.91. The third kappa shape index (κ3) is 7.25. The van der Waals surface area contributed by atoms with Gasteiger partial charge in [-0.2, -0.15) is 0 Å². The Bertz CT molecular complexity index is 1240. The summed E-state index contributed by atoms with van der Waals surface area (Å²) in [6, 6.07) is 19.2. The fourth-order valence-electron chi connectivity index (χ4n) is 4.75. The number of ether oxygens (including phenoxy) is 2. The Kier molecular flexibility index (Phi) is 9.72. The lowest BCUT2D eigenvalue weighted by molar-refractivity contribution is -0.140. The Morgan fingerprint density at radius 2 is 1.69 bits per heavy atom. The molecule has 2 aromatic carbocycles. The Hall–Kier alpha value is -4.14. The third-order valence-corrected chi connectivity index (χ3v) is 6.87. The van der Waals surface area contributed by atoms with Crippen molar-refractivity contribution in [2.45, 2.75) is 26.2 Å². The number of nitrogens with zero attached hydrogens (tertiary/aromatic N) is 5. The number of benzene rings is 2. The zero-order chi connectivity index (χ0) is 27.6. The predicted molar refractivity (Wildman–Crippen MR) is 151 cm³/mol. The van der Waals surface area contributed by atoms with Gasteiger partial charge >= 0.3 is 0 Å². The van der Waals surface area contributed by atoms with Crippen molar-refractivity contribution in [3.05, 3.63) is 66.2 Å². The molecule has 0 N–H and O–H groups in total. The van der Waals surface area contributed by atoms with Crippen LogP contribution < -0.4 is 14.4 Å². The van der Waals surface area contributed by atoms with Crippen LogP contribution >= 0.6 is 0 Å². The van der Waals surface area contributed by atoms with Crippen LogP contribution in [0.1, 0.15) is 25.3 Å². The molecular weight excluding hydrogens is 494 g/mol. The number of hydrogen-bond acceptors (Lipinski definition) is 7. The van der Waals surface area contributed by atoms with Crippen LogP contribution in [0.4, 0.5) is 5.82 Å². The van der Waals surface area contributed by atoms with E-state index >= 15 is 0 Å². The molecule has 0 atom stereocenters. The lowest BCUT2D eigenvalue weighted by Gasteiger charge is -2.27.